The minimum Gasteiger partial charge on any atom is -0.461 e. The molecule has 0 unspecified atom stereocenters. The summed E-state index contributed by atoms with van der Waals surface area (Å²) < 4.78 is 10.6. The van der Waals surface area contributed by atoms with Crippen molar-refractivity contribution in [3.05, 3.63) is 40.2 Å². The number of anilines is 1. The summed E-state index contributed by atoms with van der Waals surface area (Å²) in [6.07, 6.45) is 4.96. The number of amides is 1. The van der Waals surface area contributed by atoms with Gasteiger partial charge in [-0.05, 0) is 30.9 Å². The fourth-order valence-corrected chi connectivity index (χ4v) is 3.30. The van der Waals surface area contributed by atoms with Gasteiger partial charge in [-0.25, -0.2) is 4.79 Å². The van der Waals surface area contributed by atoms with Crippen LogP contribution in [0.4, 0.5) is 5.69 Å². The van der Waals surface area contributed by atoms with Crippen molar-refractivity contribution in [3.8, 4) is 0 Å². The molecule has 2 aromatic rings. The van der Waals surface area contributed by atoms with Crippen LogP contribution in [0.1, 0.15) is 44.6 Å². The average Bonchev–Trinajstić information content (AvgIpc) is 3.04. The summed E-state index contributed by atoms with van der Waals surface area (Å²) in [5.41, 5.74) is 0.967. The summed E-state index contributed by atoms with van der Waals surface area (Å²) in [5.74, 6) is -0.0212. The standard InChI is InChI=1S/C19H21NO5/c1-12(21)20-15-6-7-16-14(9-19(23)25-17(16)10-15)11-24-18(22)8-13-4-2-3-5-13/h6-7,9-10,13H,2-5,8,11H2,1H3,(H,20,21). The molecule has 1 aromatic heterocycles. The van der Waals surface area contributed by atoms with Crippen LogP contribution in [0, 0.1) is 5.92 Å². The SMILES string of the molecule is CC(=O)Nc1ccc2c(COC(=O)CC3CCCC3)cc(=O)oc2c1. The van der Waals surface area contributed by atoms with Gasteiger partial charge in [0.25, 0.3) is 0 Å². The highest BCUT2D eigenvalue weighted by Crippen LogP contribution is 2.28. The van der Waals surface area contributed by atoms with Crippen LogP contribution in [-0.4, -0.2) is 11.9 Å². The Kier molecular flexibility index (Phi) is 5.16. The third kappa shape index (κ3) is 4.47. The highest BCUT2D eigenvalue weighted by Gasteiger charge is 2.19. The lowest BCUT2D eigenvalue weighted by atomic mass is 10.0. The number of fused-ring (bicyclic) bond motifs is 1. The van der Waals surface area contributed by atoms with Crippen molar-refractivity contribution in [2.75, 3.05) is 5.32 Å². The molecule has 0 bridgehead atoms. The first-order chi connectivity index (χ1) is 12.0. The molecule has 0 atom stereocenters. The Morgan fingerprint density at radius 3 is 2.72 bits per heavy atom. The van der Waals surface area contributed by atoms with E-state index in [1.54, 1.807) is 18.2 Å². The Labute approximate surface area is 145 Å². The molecule has 1 fully saturated rings. The van der Waals surface area contributed by atoms with E-state index in [-0.39, 0.29) is 18.5 Å². The van der Waals surface area contributed by atoms with Crippen LogP contribution in [0.5, 0.6) is 0 Å². The van der Waals surface area contributed by atoms with Gasteiger partial charge in [-0.2, -0.15) is 0 Å². The van der Waals surface area contributed by atoms with E-state index >= 15 is 0 Å². The van der Waals surface area contributed by atoms with E-state index in [2.05, 4.69) is 5.32 Å². The topological polar surface area (TPSA) is 85.6 Å². The summed E-state index contributed by atoms with van der Waals surface area (Å²) in [4.78, 5) is 34.9. The molecule has 1 aliphatic rings. The summed E-state index contributed by atoms with van der Waals surface area (Å²) in [7, 11) is 0. The fourth-order valence-electron chi connectivity index (χ4n) is 3.30. The lowest BCUT2D eigenvalue weighted by Gasteiger charge is -2.10. The maximum absolute atomic E-state index is 12.0. The molecule has 0 aliphatic heterocycles. The van der Waals surface area contributed by atoms with E-state index in [1.165, 1.54) is 25.8 Å². The number of rotatable bonds is 5. The highest BCUT2D eigenvalue weighted by molar-refractivity contribution is 5.92. The molecule has 0 spiro atoms. The van der Waals surface area contributed by atoms with Crippen molar-refractivity contribution in [1.82, 2.24) is 0 Å². The number of ether oxygens (including phenoxy) is 1. The predicted molar refractivity (Wildman–Crippen MR) is 93.2 cm³/mol. The van der Waals surface area contributed by atoms with Gasteiger partial charge in [-0.1, -0.05) is 12.8 Å². The van der Waals surface area contributed by atoms with Crippen LogP contribution in [0.25, 0.3) is 11.0 Å². The smallest absolute Gasteiger partial charge is 0.336 e. The number of benzene rings is 1. The average molecular weight is 343 g/mol. The third-order valence-corrected chi connectivity index (χ3v) is 4.47. The molecule has 6 heteroatoms. The molecular formula is C19H21NO5. The Balaban J connectivity index is 1.74. The minimum absolute atomic E-state index is 0.0349. The zero-order valence-electron chi connectivity index (χ0n) is 14.2. The van der Waals surface area contributed by atoms with E-state index in [0.717, 1.165) is 12.8 Å². The molecule has 1 amide bonds. The van der Waals surface area contributed by atoms with Crippen molar-refractivity contribution in [1.29, 1.82) is 0 Å². The van der Waals surface area contributed by atoms with E-state index in [0.29, 0.717) is 34.6 Å². The Morgan fingerprint density at radius 1 is 1.24 bits per heavy atom. The molecule has 1 saturated carbocycles. The highest BCUT2D eigenvalue weighted by atomic mass is 16.5. The number of hydrogen-bond acceptors (Lipinski definition) is 5. The maximum Gasteiger partial charge on any atom is 0.336 e. The van der Waals surface area contributed by atoms with Gasteiger partial charge >= 0.3 is 11.6 Å². The largest absolute Gasteiger partial charge is 0.461 e. The molecule has 132 valence electrons. The summed E-state index contributed by atoms with van der Waals surface area (Å²) in [5, 5.41) is 3.32. The van der Waals surface area contributed by atoms with Crippen LogP contribution in [0.3, 0.4) is 0 Å². The van der Waals surface area contributed by atoms with E-state index < -0.39 is 5.63 Å². The Bertz CT molecular complexity index is 849. The second kappa shape index (κ2) is 7.51. The number of esters is 1. The fraction of sp³-hybridized carbons (Fsp3) is 0.421. The third-order valence-electron chi connectivity index (χ3n) is 4.47. The van der Waals surface area contributed by atoms with Gasteiger partial charge in [0, 0.05) is 42.1 Å². The lowest BCUT2D eigenvalue weighted by molar-refractivity contribution is -0.146. The number of carbonyl (C=O) groups is 2. The van der Waals surface area contributed by atoms with Gasteiger partial charge in [0.2, 0.25) is 5.91 Å². The molecule has 0 radical (unpaired) electrons. The minimum atomic E-state index is -0.519. The van der Waals surface area contributed by atoms with Crippen LogP contribution in [0.15, 0.2) is 33.5 Å². The van der Waals surface area contributed by atoms with Crippen LogP contribution in [0.2, 0.25) is 0 Å². The van der Waals surface area contributed by atoms with Crippen LogP contribution in [-0.2, 0) is 20.9 Å². The van der Waals surface area contributed by atoms with Gasteiger partial charge in [-0.3, -0.25) is 9.59 Å². The number of carbonyl (C=O) groups excluding carboxylic acids is 2. The van der Waals surface area contributed by atoms with Gasteiger partial charge in [-0.15, -0.1) is 0 Å². The molecule has 0 saturated heterocycles. The van der Waals surface area contributed by atoms with E-state index in [4.69, 9.17) is 9.15 Å². The summed E-state index contributed by atoms with van der Waals surface area (Å²) >= 11 is 0. The molecule has 1 heterocycles. The number of hydrogen-bond donors (Lipinski definition) is 1. The van der Waals surface area contributed by atoms with Crippen molar-refractivity contribution < 1.29 is 18.7 Å². The van der Waals surface area contributed by atoms with Crippen LogP contribution >= 0.6 is 0 Å². The Hall–Kier alpha value is -2.63. The van der Waals surface area contributed by atoms with Gasteiger partial charge in [0.05, 0.1) is 0 Å². The summed E-state index contributed by atoms with van der Waals surface area (Å²) in [6.45, 7) is 1.44. The van der Waals surface area contributed by atoms with Crippen molar-refractivity contribution in [3.63, 3.8) is 0 Å². The second-order valence-electron chi connectivity index (χ2n) is 6.50. The predicted octanol–water partition coefficient (Wildman–Crippen LogP) is 3.37. The molecule has 3 rings (SSSR count). The zero-order chi connectivity index (χ0) is 17.8. The second-order valence-corrected chi connectivity index (χ2v) is 6.50. The van der Waals surface area contributed by atoms with E-state index in [9.17, 15) is 14.4 Å². The molecule has 25 heavy (non-hydrogen) atoms. The van der Waals surface area contributed by atoms with Gasteiger partial charge in [0.1, 0.15) is 12.2 Å². The van der Waals surface area contributed by atoms with Crippen LogP contribution < -0.4 is 10.9 Å². The van der Waals surface area contributed by atoms with Gasteiger partial charge in [0.15, 0.2) is 0 Å². The first-order valence-corrected chi connectivity index (χ1v) is 8.51. The van der Waals surface area contributed by atoms with E-state index in [1.807, 2.05) is 0 Å². The Morgan fingerprint density at radius 2 is 2.00 bits per heavy atom. The van der Waals surface area contributed by atoms with Crippen molar-refractivity contribution in [2.24, 2.45) is 5.92 Å². The molecular weight excluding hydrogens is 322 g/mol. The first kappa shape index (κ1) is 17.2. The molecule has 6 nitrogen and oxygen atoms in total. The zero-order valence-corrected chi connectivity index (χ0v) is 14.2. The quantitative estimate of drug-likeness (QED) is 0.664. The summed E-state index contributed by atoms with van der Waals surface area (Å²) in [6, 6.07) is 6.38. The van der Waals surface area contributed by atoms with Gasteiger partial charge < -0.3 is 14.5 Å². The monoisotopic (exact) mass is 343 g/mol. The molecule has 1 aromatic carbocycles. The normalized spacial score (nSPS) is 14.6. The van der Waals surface area contributed by atoms with Crippen molar-refractivity contribution >= 4 is 28.5 Å². The number of nitrogens with one attached hydrogen (secondary N) is 1. The lowest BCUT2D eigenvalue weighted by Crippen LogP contribution is -2.11. The molecule has 1 aliphatic carbocycles. The first-order valence-electron chi connectivity index (χ1n) is 8.51. The maximum atomic E-state index is 12.0. The van der Waals surface area contributed by atoms with Crippen molar-refractivity contribution in [2.45, 2.75) is 45.6 Å². The molecule has 1 N–H and O–H groups in total.